The number of benzene rings is 1. The maximum Gasteiger partial charge on any atom is 0.257 e. The normalized spacial score (nSPS) is 15.3. The summed E-state index contributed by atoms with van der Waals surface area (Å²) in [4.78, 5) is 26.0. The van der Waals surface area contributed by atoms with Crippen LogP contribution in [0.5, 0.6) is 0 Å². The molecule has 2 aromatic rings. The third-order valence-corrected chi connectivity index (χ3v) is 4.17. The number of rotatable bonds is 4. The first kappa shape index (κ1) is 16.2. The molecule has 0 radical (unpaired) electrons. The maximum atomic E-state index is 13.1. The molecule has 5 nitrogen and oxygen atoms in total. The summed E-state index contributed by atoms with van der Waals surface area (Å²) in [7, 11) is 0. The highest BCUT2D eigenvalue weighted by Gasteiger charge is 2.25. The lowest BCUT2D eigenvalue weighted by atomic mass is 10.0. The van der Waals surface area contributed by atoms with Crippen molar-refractivity contribution in [3.63, 3.8) is 0 Å². The Morgan fingerprint density at radius 3 is 2.71 bits per heavy atom. The van der Waals surface area contributed by atoms with E-state index >= 15 is 0 Å². The summed E-state index contributed by atoms with van der Waals surface area (Å²) >= 11 is 0. The van der Waals surface area contributed by atoms with Gasteiger partial charge in [-0.25, -0.2) is 4.39 Å². The van der Waals surface area contributed by atoms with Gasteiger partial charge in [0.15, 0.2) is 0 Å². The highest BCUT2D eigenvalue weighted by Crippen LogP contribution is 2.15. The summed E-state index contributed by atoms with van der Waals surface area (Å²) < 4.78 is 18.1. The number of carbonyl (C=O) groups excluding carboxylic acids is 2. The highest BCUT2D eigenvalue weighted by molar-refractivity contribution is 5.93. The van der Waals surface area contributed by atoms with E-state index in [9.17, 15) is 14.0 Å². The zero-order valence-electron chi connectivity index (χ0n) is 13.2. The molecular formula is C18H19FN2O3. The van der Waals surface area contributed by atoms with Crippen LogP contribution in [-0.2, 0) is 11.2 Å². The minimum atomic E-state index is -0.341. The van der Waals surface area contributed by atoms with Gasteiger partial charge in [-0.15, -0.1) is 0 Å². The van der Waals surface area contributed by atoms with Crippen molar-refractivity contribution in [1.82, 2.24) is 10.2 Å². The van der Waals surface area contributed by atoms with Crippen LogP contribution < -0.4 is 5.32 Å². The Hall–Kier alpha value is -2.63. The van der Waals surface area contributed by atoms with E-state index in [2.05, 4.69) is 5.32 Å². The molecule has 1 aliphatic rings. The van der Waals surface area contributed by atoms with E-state index in [4.69, 9.17) is 4.42 Å². The minimum absolute atomic E-state index is 0.0412. The zero-order chi connectivity index (χ0) is 16.9. The summed E-state index contributed by atoms with van der Waals surface area (Å²) in [6, 6.07) is 7.74. The van der Waals surface area contributed by atoms with Crippen LogP contribution in [0.1, 0.15) is 28.8 Å². The van der Waals surface area contributed by atoms with Gasteiger partial charge in [0.1, 0.15) is 12.1 Å². The number of likely N-dealkylation sites (tertiary alicyclic amines) is 1. The van der Waals surface area contributed by atoms with Gasteiger partial charge in [0.25, 0.3) is 5.91 Å². The van der Waals surface area contributed by atoms with Crippen molar-refractivity contribution in [2.45, 2.75) is 25.3 Å². The number of nitrogens with one attached hydrogen (secondary N) is 1. The average Bonchev–Trinajstić information content (AvgIpc) is 3.09. The van der Waals surface area contributed by atoms with Crippen molar-refractivity contribution >= 4 is 11.8 Å². The van der Waals surface area contributed by atoms with E-state index < -0.39 is 0 Å². The Labute approximate surface area is 139 Å². The molecule has 1 saturated heterocycles. The number of carbonyl (C=O) groups is 2. The zero-order valence-corrected chi connectivity index (χ0v) is 13.2. The fourth-order valence-corrected chi connectivity index (χ4v) is 2.91. The molecule has 126 valence electrons. The third-order valence-electron chi connectivity index (χ3n) is 4.17. The van der Waals surface area contributed by atoms with Crippen LogP contribution in [0, 0.1) is 5.82 Å². The molecule has 2 heterocycles. The van der Waals surface area contributed by atoms with E-state index in [0.29, 0.717) is 37.1 Å². The summed E-state index contributed by atoms with van der Waals surface area (Å²) in [6.45, 7) is 1.18. The lowest BCUT2D eigenvalue weighted by Gasteiger charge is -2.32. The van der Waals surface area contributed by atoms with Gasteiger partial charge in [0.2, 0.25) is 5.91 Å². The van der Waals surface area contributed by atoms with Gasteiger partial charge in [0.05, 0.1) is 18.2 Å². The Morgan fingerprint density at radius 1 is 1.25 bits per heavy atom. The van der Waals surface area contributed by atoms with E-state index in [1.165, 1.54) is 24.7 Å². The van der Waals surface area contributed by atoms with Gasteiger partial charge in [-0.3, -0.25) is 9.59 Å². The Bertz CT molecular complexity index is 707. The average molecular weight is 330 g/mol. The number of piperidine rings is 1. The molecule has 1 N–H and O–H groups in total. The topological polar surface area (TPSA) is 62.6 Å². The fourth-order valence-electron chi connectivity index (χ4n) is 2.91. The molecule has 0 unspecified atom stereocenters. The first-order valence-corrected chi connectivity index (χ1v) is 7.97. The summed E-state index contributed by atoms with van der Waals surface area (Å²) in [6.07, 6.45) is 4.49. The molecule has 1 aliphatic heterocycles. The van der Waals surface area contributed by atoms with Crippen molar-refractivity contribution in [3.8, 4) is 0 Å². The summed E-state index contributed by atoms with van der Waals surface area (Å²) in [5.41, 5.74) is 1.20. The monoisotopic (exact) mass is 330 g/mol. The molecule has 0 bridgehead atoms. The molecule has 2 amide bonds. The number of amides is 2. The molecular weight excluding hydrogens is 311 g/mol. The number of nitrogens with zero attached hydrogens (tertiary/aromatic N) is 1. The number of hydrogen-bond acceptors (Lipinski definition) is 3. The quantitative estimate of drug-likeness (QED) is 0.936. The number of furan rings is 1. The Kier molecular flexibility index (Phi) is 4.93. The predicted molar refractivity (Wildman–Crippen MR) is 85.9 cm³/mol. The maximum absolute atomic E-state index is 13.1. The molecule has 0 saturated carbocycles. The fraction of sp³-hybridized carbons (Fsp3) is 0.333. The standard InChI is InChI=1S/C18H19FN2O3/c19-15-3-1-2-13(10-15)11-17(22)20-16-4-7-21(8-5-16)18(23)14-6-9-24-12-14/h1-3,6,9-10,12,16H,4-5,7-8,11H2,(H,20,22). The minimum Gasteiger partial charge on any atom is -0.472 e. The summed E-state index contributed by atoms with van der Waals surface area (Å²) in [5.74, 6) is -0.514. The molecule has 1 aromatic carbocycles. The van der Waals surface area contributed by atoms with E-state index in [1.54, 1.807) is 23.1 Å². The largest absolute Gasteiger partial charge is 0.472 e. The Balaban J connectivity index is 1.47. The van der Waals surface area contributed by atoms with Gasteiger partial charge < -0.3 is 14.6 Å². The lowest BCUT2D eigenvalue weighted by Crippen LogP contribution is -2.46. The van der Waals surface area contributed by atoms with Crippen LogP contribution in [0.3, 0.4) is 0 Å². The smallest absolute Gasteiger partial charge is 0.257 e. The van der Waals surface area contributed by atoms with E-state index in [-0.39, 0.29) is 30.1 Å². The number of halogens is 1. The van der Waals surface area contributed by atoms with Gasteiger partial charge in [-0.2, -0.15) is 0 Å². The molecule has 1 aromatic heterocycles. The van der Waals surface area contributed by atoms with Crippen LogP contribution in [-0.4, -0.2) is 35.8 Å². The van der Waals surface area contributed by atoms with Crippen molar-refractivity contribution in [1.29, 1.82) is 0 Å². The second kappa shape index (κ2) is 7.29. The molecule has 0 aliphatic carbocycles. The van der Waals surface area contributed by atoms with Gasteiger partial charge in [0, 0.05) is 19.1 Å². The molecule has 0 atom stereocenters. The molecule has 24 heavy (non-hydrogen) atoms. The first-order valence-electron chi connectivity index (χ1n) is 7.97. The second-order valence-corrected chi connectivity index (χ2v) is 5.95. The van der Waals surface area contributed by atoms with E-state index in [1.807, 2.05) is 0 Å². The summed E-state index contributed by atoms with van der Waals surface area (Å²) in [5, 5.41) is 2.96. The van der Waals surface area contributed by atoms with Crippen molar-refractivity contribution < 1.29 is 18.4 Å². The van der Waals surface area contributed by atoms with Crippen LogP contribution in [0.15, 0.2) is 47.3 Å². The van der Waals surface area contributed by atoms with Crippen molar-refractivity contribution in [2.24, 2.45) is 0 Å². The number of hydrogen-bond donors (Lipinski definition) is 1. The van der Waals surface area contributed by atoms with E-state index in [0.717, 1.165) is 0 Å². The van der Waals surface area contributed by atoms with Gasteiger partial charge in [-0.05, 0) is 36.6 Å². The van der Waals surface area contributed by atoms with Crippen LogP contribution in [0.4, 0.5) is 4.39 Å². The van der Waals surface area contributed by atoms with Crippen molar-refractivity contribution in [3.05, 3.63) is 59.8 Å². The van der Waals surface area contributed by atoms with Crippen LogP contribution in [0.2, 0.25) is 0 Å². The molecule has 1 fully saturated rings. The second-order valence-electron chi connectivity index (χ2n) is 5.95. The molecule has 6 heteroatoms. The first-order chi connectivity index (χ1) is 11.6. The van der Waals surface area contributed by atoms with Crippen molar-refractivity contribution in [2.75, 3.05) is 13.1 Å². The van der Waals surface area contributed by atoms with Crippen LogP contribution in [0.25, 0.3) is 0 Å². The molecule has 0 spiro atoms. The van der Waals surface area contributed by atoms with Gasteiger partial charge >= 0.3 is 0 Å². The highest BCUT2D eigenvalue weighted by atomic mass is 19.1. The lowest BCUT2D eigenvalue weighted by molar-refractivity contribution is -0.121. The third kappa shape index (κ3) is 4.01. The SMILES string of the molecule is O=C(Cc1cccc(F)c1)NC1CCN(C(=O)c2ccoc2)CC1. The Morgan fingerprint density at radius 2 is 2.04 bits per heavy atom. The predicted octanol–water partition coefficient (Wildman–Crippen LogP) is 2.38. The molecule has 3 rings (SSSR count). The van der Waals surface area contributed by atoms with Gasteiger partial charge in [-0.1, -0.05) is 12.1 Å². The van der Waals surface area contributed by atoms with Crippen LogP contribution >= 0.6 is 0 Å².